The number of hydrogen-bond acceptors (Lipinski definition) is 9. The molecule has 0 amide bonds. The SMILES string of the molecule is O=c1c(-c2cc([C@@H]3C[C@H]3c3ccc4cnn(CC(F)(F)F)c4c3)c3ncc(F)n3n2)cn(COP(=O)(O)O)c(=O)n1COP(=O)(O)O. The number of alkyl halides is 3. The van der Waals surface area contributed by atoms with Gasteiger partial charge in [-0.25, -0.2) is 23.5 Å². The first kappa shape index (κ1) is 32.9. The van der Waals surface area contributed by atoms with Crippen LogP contribution in [0, 0.1) is 5.95 Å². The van der Waals surface area contributed by atoms with Crippen molar-refractivity contribution in [2.75, 3.05) is 0 Å². The molecule has 0 spiro atoms. The molecule has 250 valence electrons. The molecular formula is C24H21F4N7O10P2. The highest BCUT2D eigenvalue weighted by Gasteiger charge is 2.42. The van der Waals surface area contributed by atoms with Crippen molar-refractivity contribution < 1.29 is 55.3 Å². The van der Waals surface area contributed by atoms with E-state index in [0.717, 1.165) is 21.6 Å². The Kier molecular flexibility index (Phi) is 8.09. The zero-order valence-corrected chi connectivity index (χ0v) is 25.1. The largest absolute Gasteiger partial charge is 0.471 e. The number of phosphoric ester groups is 2. The van der Waals surface area contributed by atoms with Crippen LogP contribution in [-0.2, 0) is 38.2 Å². The molecule has 1 fully saturated rings. The first-order valence-electron chi connectivity index (χ1n) is 13.2. The minimum absolute atomic E-state index is 0.0465. The third-order valence-corrected chi connectivity index (χ3v) is 8.21. The van der Waals surface area contributed by atoms with Gasteiger partial charge in [-0.15, -0.1) is 0 Å². The summed E-state index contributed by atoms with van der Waals surface area (Å²) in [4.78, 5) is 66.8. The number of phosphoric acid groups is 2. The van der Waals surface area contributed by atoms with Gasteiger partial charge < -0.3 is 19.6 Å². The number of halogens is 4. The van der Waals surface area contributed by atoms with Crippen LogP contribution >= 0.6 is 15.6 Å². The predicted molar refractivity (Wildman–Crippen MR) is 149 cm³/mol. The van der Waals surface area contributed by atoms with Crippen LogP contribution in [0.15, 0.2) is 52.4 Å². The van der Waals surface area contributed by atoms with Crippen molar-refractivity contribution in [1.82, 2.24) is 33.5 Å². The van der Waals surface area contributed by atoms with E-state index in [-0.39, 0.29) is 27.3 Å². The van der Waals surface area contributed by atoms with Gasteiger partial charge in [0.1, 0.15) is 20.0 Å². The molecule has 6 rings (SSSR count). The average Bonchev–Trinajstić information content (AvgIpc) is 3.54. The van der Waals surface area contributed by atoms with Crippen LogP contribution in [0.25, 0.3) is 27.8 Å². The lowest BCUT2D eigenvalue weighted by molar-refractivity contribution is -0.141. The maximum absolute atomic E-state index is 14.9. The summed E-state index contributed by atoms with van der Waals surface area (Å²) >= 11 is 0. The number of nitrogens with zero attached hydrogens (tertiary/aromatic N) is 7. The van der Waals surface area contributed by atoms with E-state index in [0.29, 0.717) is 27.5 Å². The van der Waals surface area contributed by atoms with Crippen LogP contribution < -0.4 is 11.2 Å². The quantitative estimate of drug-likeness (QED) is 0.121. The number of aromatic nitrogens is 7. The first-order chi connectivity index (χ1) is 21.9. The molecule has 0 unspecified atom stereocenters. The van der Waals surface area contributed by atoms with Crippen LogP contribution in [0.5, 0.6) is 0 Å². The Morgan fingerprint density at radius 3 is 2.36 bits per heavy atom. The molecule has 0 bridgehead atoms. The van der Waals surface area contributed by atoms with Gasteiger partial charge in [0.2, 0.25) is 5.95 Å². The van der Waals surface area contributed by atoms with Crippen molar-refractivity contribution in [2.45, 2.75) is 44.4 Å². The number of benzene rings is 1. The van der Waals surface area contributed by atoms with Gasteiger partial charge >= 0.3 is 27.5 Å². The maximum Gasteiger partial charge on any atom is 0.471 e. The van der Waals surface area contributed by atoms with Crippen LogP contribution in [0.4, 0.5) is 17.6 Å². The van der Waals surface area contributed by atoms with Gasteiger partial charge in [-0.05, 0) is 36.0 Å². The standard InChI is InChI=1S/C24H21F4N7O10P2/c25-20-7-29-21-16(15-4-14(15)12-1-2-13-6-30-34(19(13)3-12)9-24(26,27)28)5-18(31-35(20)21)17-8-32(10-44-46(38,39)40)23(37)33(22(17)36)11-45-47(41,42)43/h1-3,5-8,14-15H,4,9-11H2,(H2,38,39,40)(H2,41,42,43)/t14-,15+/m0/s1. The average molecular weight is 705 g/mol. The molecule has 1 aromatic carbocycles. The Morgan fingerprint density at radius 2 is 1.68 bits per heavy atom. The number of hydrogen-bond donors (Lipinski definition) is 4. The summed E-state index contributed by atoms with van der Waals surface area (Å²) in [6.45, 7) is -3.72. The molecule has 1 saturated carbocycles. The molecule has 23 heteroatoms. The molecule has 2 atom stereocenters. The zero-order chi connectivity index (χ0) is 34.1. The summed E-state index contributed by atoms with van der Waals surface area (Å²) in [7, 11) is -10.4. The summed E-state index contributed by atoms with van der Waals surface area (Å²) < 4.78 is 87.6. The molecule has 17 nitrogen and oxygen atoms in total. The van der Waals surface area contributed by atoms with Crippen LogP contribution in [-0.4, -0.2) is 59.3 Å². The van der Waals surface area contributed by atoms with Gasteiger partial charge in [0.25, 0.3) is 5.56 Å². The Bertz CT molecular complexity index is 2250. The summed E-state index contributed by atoms with van der Waals surface area (Å²) in [5.74, 6) is -1.64. The van der Waals surface area contributed by atoms with Crippen molar-refractivity contribution in [3.05, 3.63) is 80.8 Å². The van der Waals surface area contributed by atoms with Gasteiger partial charge in [0.05, 0.1) is 29.2 Å². The lowest BCUT2D eigenvalue weighted by Crippen LogP contribution is -2.41. The molecule has 47 heavy (non-hydrogen) atoms. The van der Waals surface area contributed by atoms with Crippen LogP contribution in [0.2, 0.25) is 0 Å². The van der Waals surface area contributed by atoms with Crippen molar-refractivity contribution in [3.63, 3.8) is 0 Å². The minimum Gasteiger partial charge on any atom is -0.303 e. The lowest BCUT2D eigenvalue weighted by atomic mass is 10.0. The first-order valence-corrected chi connectivity index (χ1v) is 16.3. The van der Waals surface area contributed by atoms with Crippen molar-refractivity contribution in [3.8, 4) is 11.3 Å². The van der Waals surface area contributed by atoms with Gasteiger partial charge in [-0.1, -0.05) is 12.1 Å². The number of rotatable bonds is 10. The highest BCUT2D eigenvalue weighted by atomic mass is 31.2. The fraction of sp³-hybridized carbons (Fsp3) is 0.292. The minimum atomic E-state index is -5.22. The predicted octanol–water partition coefficient (Wildman–Crippen LogP) is 2.18. The van der Waals surface area contributed by atoms with E-state index in [1.165, 1.54) is 12.3 Å². The second-order valence-corrected chi connectivity index (χ2v) is 13.0. The summed E-state index contributed by atoms with van der Waals surface area (Å²) in [5.41, 5.74) is -2.03. The molecule has 0 aliphatic heterocycles. The van der Waals surface area contributed by atoms with Crippen LogP contribution in [0.3, 0.4) is 0 Å². The molecule has 4 heterocycles. The van der Waals surface area contributed by atoms with Gasteiger partial charge in [0, 0.05) is 17.1 Å². The highest BCUT2D eigenvalue weighted by Crippen LogP contribution is 2.56. The van der Waals surface area contributed by atoms with E-state index < -0.39 is 70.5 Å². The molecular weight excluding hydrogens is 684 g/mol. The summed E-state index contributed by atoms with van der Waals surface area (Å²) in [6.07, 6.45) is -1.10. The molecule has 1 aliphatic carbocycles. The third kappa shape index (κ3) is 6.97. The molecule has 1 aliphatic rings. The van der Waals surface area contributed by atoms with Gasteiger partial charge in [-0.3, -0.25) is 23.1 Å². The molecule has 0 saturated heterocycles. The molecule has 4 N–H and O–H groups in total. The Morgan fingerprint density at radius 1 is 0.979 bits per heavy atom. The van der Waals surface area contributed by atoms with Gasteiger partial charge in [0.15, 0.2) is 5.65 Å². The second kappa shape index (κ2) is 11.6. The Labute approximate surface area is 257 Å². The smallest absolute Gasteiger partial charge is 0.303 e. The number of imidazole rings is 1. The van der Waals surface area contributed by atoms with E-state index in [2.05, 4.69) is 24.2 Å². The molecule has 0 radical (unpaired) electrons. The number of fused-ring (bicyclic) bond motifs is 2. The Balaban J connectivity index is 1.44. The van der Waals surface area contributed by atoms with Gasteiger partial charge in [-0.2, -0.15) is 32.3 Å². The maximum atomic E-state index is 14.9. The van der Waals surface area contributed by atoms with E-state index >= 15 is 0 Å². The fourth-order valence-corrected chi connectivity index (χ4v) is 5.74. The van der Waals surface area contributed by atoms with E-state index in [1.54, 1.807) is 18.2 Å². The highest BCUT2D eigenvalue weighted by molar-refractivity contribution is 7.46. The lowest BCUT2D eigenvalue weighted by Gasteiger charge is -2.14. The molecule has 4 aromatic heterocycles. The summed E-state index contributed by atoms with van der Waals surface area (Å²) in [5, 5.41) is 8.39. The van der Waals surface area contributed by atoms with Crippen LogP contribution in [0.1, 0.15) is 29.4 Å². The van der Waals surface area contributed by atoms with Crippen molar-refractivity contribution in [2.24, 2.45) is 0 Å². The topological polar surface area (TPSA) is 226 Å². The van der Waals surface area contributed by atoms with E-state index in [9.17, 15) is 36.3 Å². The normalized spacial score (nSPS) is 17.2. The van der Waals surface area contributed by atoms with E-state index in [4.69, 9.17) is 19.6 Å². The van der Waals surface area contributed by atoms with Crippen molar-refractivity contribution >= 4 is 32.2 Å². The monoisotopic (exact) mass is 705 g/mol. The van der Waals surface area contributed by atoms with E-state index in [1.807, 2.05) is 0 Å². The van der Waals surface area contributed by atoms with Crippen molar-refractivity contribution in [1.29, 1.82) is 0 Å². The Hall–Kier alpha value is -4.07. The third-order valence-electron chi connectivity index (χ3n) is 7.30. The second-order valence-electron chi connectivity index (χ2n) is 10.5. The fourth-order valence-electron chi connectivity index (χ4n) is 5.20. The zero-order valence-electron chi connectivity index (χ0n) is 23.3. The summed E-state index contributed by atoms with van der Waals surface area (Å²) in [6, 6.07) is 6.26. The molecule has 5 aromatic rings.